The van der Waals surface area contributed by atoms with Gasteiger partial charge >= 0.3 is 0 Å². The number of rotatable bonds is 6. The molecule has 1 amide bonds. The molecule has 0 bridgehead atoms. The van der Waals surface area contributed by atoms with Crippen molar-refractivity contribution in [3.63, 3.8) is 0 Å². The van der Waals surface area contributed by atoms with E-state index in [0.717, 1.165) is 24.8 Å². The molecule has 0 unspecified atom stereocenters. The fourth-order valence-corrected chi connectivity index (χ4v) is 4.15. The largest absolute Gasteiger partial charge is 0.374 e. The molecule has 3 heterocycles. The Kier molecular flexibility index (Phi) is 6.45. The molecule has 168 valence electrons. The van der Waals surface area contributed by atoms with Gasteiger partial charge in [-0.2, -0.15) is 5.10 Å². The van der Waals surface area contributed by atoms with Gasteiger partial charge in [0.15, 0.2) is 5.69 Å². The van der Waals surface area contributed by atoms with Gasteiger partial charge in [-0.15, -0.1) is 0 Å². The molecule has 2 aromatic heterocycles. The van der Waals surface area contributed by atoms with E-state index >= 15 is 0 Å². The smallest absolute Gasteiger partial charge is 0.275 e. The van der Waals surface area contributed by atoms with E-state index in [1.165, 1.54) is 12.1 Å². The number of aromatic nitrogens is 4. The van der Waals surface area contributed by atoms with Crippen molar-refractivity contribution in [3.8, 4) is 11.1 Å². The molecule has 1 saturated heterocycles. The van der Waals surface area contributed by atoms with E-state index in [-0.39, 0.29) is 17.8 Å². The van der Waals surface area contributed by atoms with Crippen LogP contribution in [0.1, 0.15) is 36.7 Å². The summed E-state index contributed by atoms with van der Waals surface area (Å²) in [6.07, 6.45) is 6.93. The quantitative estimate of drug-likeness (QED) is 0.596. The van der Waals surface area contributed by atoms with Crippen molar-refractivity contribution in [2.45, 2.75) is 38.5 Å². The number of amides is 1. The highest BCUT2D eigenvalue weighted by Crippen LogP contribution is 2.28. The van der Waals surface area contributed by atoms with Crippen LogP contribution < -0.4 is 4.90 Å². The highest BCUT2D eigenvalue weighted by molar-refractivity contribution is 5.99. The Labute approximate surface area is 186 Å². The molecular formula is C23H27FN6O2. The number of hydrogen-bond acceptors (Lipinski definition) is 6. The Morgan fingerprint density at radius 2 is 1.97 bits per heavy atom. The van der Waals surface area contributed by atoms with Crippen LogP contribution in [0.3, 0.4) is 0 Å². The second kappa shape index (κ2) is 9.44. The Hall–Kier alpha value is -3.33. The van der Waals surface area contributed by atoms with Gasteiger partial charge in [0.2, 0.25) is 5.95 Å². The molecule has 3 aromatic rings. The van der Waals surface area contributed by atoms with Crippen molar-refractivity contribution in [1.29, 1.82) is 0 Å². The number of aliphatic hydroxyl groups is 1. The van der Waals surface area contributed by atoms with Crippen LogP contribution in [0.25, 0.3) is 11.1 Å². The molecule has 9 heteroatoms. The van der Waals surface area contributed by atoms with E-state index in [4.69, 9.17) is 0 Å². The predicted molar refractivity (Wildman–Crippen MR) is 118 cm³/mol. The number of nitrogens with zero attached hydrogens (tertiary/aromatic N) is 6. The molecule has 2 atom stereocenters. The van der Waals surface area contributed by atoms with Crippen LogP contribution in [0, 0.1) is 5.82 Å². The highest BCUT2D eigenvalue weighted by atomic mass is 19.1. The summed E-state index contributed by atoms with van der Waals surface area (Å²) in [7, 11) is 1.76. The number of carbonyl (C=O) groups excluding carboxylic acids is 1. The van der Waals surface area contributed by atoms with Gasteiger partial charge in [0.1, 0.15) is 12.0 Å². The van der Waals surface area contributed by atoms with Crippen molar-refractivity contribution in [1.82, 2.24) is 24.6 Å². The monoisotopic (exact) mass is 438 g/mol. The minimum absolute atomic E-state index is 0.127. The molecule has 1 aliphatic heterocycles. The van der Waals surface area contributed by atoms with E-state index in [1.807, 2.05) is 4.90 Å². The Morgan fingerprint density at radius 3 is 2.66 bits per heavy atom. The van der Waals surface area contributed by atoms with E-state index in [1.54, 1.807) is 60.3 Å². The van der Waals surface area contributed by atoms with E-state index < -0.39 is 6.23 Å². The average Bonchev–Trinajstić information content (AvgIpc) is 3.19. The molecule has 8 nitrogen and oxygen atoms in total. The number of halogens is 1. The van der Waals surface area contributed by atoms with Gasteiger partial charge in [0.25, 0.3) is 5.91 Å². The zero-order valence-corrected chi connectivity index (χ0v) is 18.2. The first kappa shape index (κ1) is 21.9. The minimum atomic E-state index is -0.805. The molecule has 0 spiro atoms. The molecule has 1 fully saturated rings. The number of hydrogen-bond donors (Lipinski definition) is 1. The van der Waals surface area contributed by atoms with Crippen molar-refractivity contribution in [2.24, 2.45) is 7.05 Å². The summed E-state index contributed by atoms with van der Waals surface area (Å²) in [5.41, 5.74) is 1.74. The van der Waals surface area contributed by atoms with Crippen LogP contribution in [0.2, 0.25) is 0 Å². The lowest BCUT2D eigenvalue weighted by molar-refractivity contribution is 0.0596. The molecule has 0 aliphatic carbocycles. The summed E-state index contributed by atoms with van der Waals surface area (Å²) >= 11 is 0. The summed E-state index contributed by atoms with van der Waals surface area (Å²) in [5.74, 6) is -0.0811. The van der Waals surface area contributed by atoms with Crippen LogP contribution in [-0.4, -0.2) is 61.0 Å². The third-order valence-electron chi connectivity index (χ3n) is 5.74. The summed E-state index contributed by atoms with van der Waals surface area (Å²) in [6, 6.07) is 7.65. The fraction of sp³-hybridized carbons (Fsp3) is 0.391. The maximum atomic E-state index is 13.6. The number of piperidine rings is 1. The van der Waals surface area contributed by atoms with Gasteiger partial charge in [-0.05, 0) is 49.9 Å². The van der Waals surface area contributed by atoms with Crippen LogP contribution in [0.5, 0.6) is 0 Å². The predicted octanol–water partition coefficient (Wildman–Crippen LogP) is 2.86. The Morgan fingerprint density at radius 1 is 1.25 bits per heavy atom. The van der Waals surface area contributed by atoms with Gasteiger partial charge in [-0.1, -0.05) is 12.1 Å². The third kappa shape index (κ3) is 4.62. The van der Waals surface area contributed by atoms with Gasteiger partial charge in [0, 0.05) is 50.3 Å². The van der Waals surface area contributed by atoms with Gasteiger partial charge in [-0.3, -0.25) is 9.48 Å². The van der Waals surface area contributed by atoms with Crippen molar-refractivity contribution in [2.75, 3.05) is 18.0 Å². The normalized spacial score (nSPS) is 17.2. The number of anilines is 1. The van der Waals surface area contributed by atoms with Crippen LogP contribution in [0.4, 0.5) is 10.3 Å². The standard InChI is InChI=1S/C23H27FN6O2/c1-16(31)30(23-25-11-5-12-26-23)14-19-6-3-4-13-29(19)22(32)21-20(15-28(2)27-21)17-7-9-18(24)10-8-17/h5,7-12,15-16,19,31H,3-4,6,13-14H2,1-2H3/t16-,19-/m0/s1. The first-order valence-corrected chi connectivity index (χ1v) is 10.8. The van der Waals surface area contributed by atoms with Gasteiger partial charge in [0.05, 0.1) is 0 Å². The summed E-state index contributed by atoms with van der Waals surface area (Å²) < 4.78 is 15.0. The third-order valence-corrected chi connectivity index (χ3v) is 5.74. The average molecular weight is 439 g/mol. The van der Waals surface area contributed by atoms with E-state index in [9.17, 15) is 14.3 Å². The summed E-state index contributed by atoms with van der Waals surface area (Å²) in [5, 5.41) is 14.8. The second-order valence-corrected chi connectivity index (χ2v) is 8.05. The Bertz CT molecular complexity index is 1050. The molecule has 32 heavy (non-hydrogen) atoms. The maximum absolute atomic E-state index is 13.6. The number of aryl methyl sites for hydroxylation is 1. The topological polar surface area (TPSA) is 87.4 Å². The van der Waals surface area contributed by atoms with Crippen LogP contribution >= 0.6 is 0 Å². The maximum Gasteiger partial charge on any atom is 0.275 e. The van der Waals surface area contributed by atoms with Crippen molar-refractivity contribution >= 4 is 11.9 Å². The summed E-state index contributed by atoms with van der Waals surface area (Å²) in [6.45, 7) is 2.68. The van der Waals surface area contributed by atoms with Gasteiger partial charge < -0.3 is 14.9 Å². The molecule has 1 N–H and O–H groups in total. The zero-order valence-electron chi connectivity index (χ0n) is 18.2. The second-order valence-electron chi connectivity index (χ2n) is 8.05. The van der Waals surface area contributed by atoms with Crippen molar-refractivity contribution in [3.05, 3.63) is 60.4 Å². The lowest BCUT2D eigenvalue weighted by atomic mass is 9.99. The van der Waals surface area contributed by atoms with Gasteiger partial charge in [-0.25, -0.2) is 14.4 Å². The number of benzene rings is 1. The number of aliphatic hydroxyl groups excluding tert-OH is 1. The molecule has 1 aliphatic rings. The number of carbonyl (C=O) groups is 1. The molecule has 0 radical (unpaired) electrons. The molecule has 0 saturated carbocycles. The molecule has 4 rings (SSSR count). The zero-order chi connectivity index (χ0) is 22.7. The minimum Gasteiger partial charge on any atom is -0.374 e. The lowest BCUT2D eigenvalue weighted by Gasteiger charge is -2.39. The molecular weight excluding hydrogens is 411 g/mol. The number of likely N-dealkylation sites (tertiary alicyclic amines) is 1. The first-order valence-electron chi connectivity index (χ1n) is 10.8. The molecule has 1 aromatic carbocycles. The van der Waals surface area contributed by atoms with Crippen LogP contribution in [0.15, 0.2) is 48.9 Å². The van der Waals surface area contributed by atoms with E-state index in [0.29, 0.717) is 30.3 Å². The summed E-state index contributed by atoms with van der Waals surface area (Å²) in [4.78, 5) is 25.7. The highest BCUT2D eigenvalue weighted by Gasteiger charge is 2.33. The van der Waals surface area contributed by atoms with Crippen LogP contribution in [-0.2, 0) is 7.05 Å². The lowest BCUT2D eigenvalue weighted by Crippen LogP contribution is -2.51. The fourth-order valence-electron chi connectivity index (χ4n) is 4.15. The SMILES string of the molecule is C[C@H](O)N(C[C@@H]1CCCCN1C(=O)c1nn(C)cc1-c1ccc(F)cc1)c1ncccn1. The van der Waals surface area contributed by atoms with Crippen molar-refractivity contribution < 1.29 is 14.3 Å². The van der Waals surface area contributed by atoms with E-state index in [2.05, 4.69) is 15.1 Å². The first-order chi connectivity index (χ1) is 15.4. The Balaban J connectivity index is 1.62.